The molecule has 0 amide bonds. The number of aromatic nitrogens is 1. The highest BCUT2D eigenvalue weighted by Gasteiger charge is 2.16. The van der Waals surface area contributed by atoms with Crippen LogP contribution in [0.15, 0.2) is 53.9 Å². The molecule has 0 N–H and O–H groups in total. The summed E-state index contributed by atoms with van der Waals surface area (Å²) in [6, 6.07) is 16.1. The number of nitrogens with zero attached hydrogens (tertiary/aromatic N) is 1. The Morgan fingerprint density at radius 1 is 0.968 bits per heavy atom. The Balaban J connectivity index is 1.58. The first kappa shape index (κ1) is 23.0. The molecule has 3 rings (SSSR count). The van der Waals surface area contributed by atoms with E-state index in [0.29, 0.717) is 0 Å². The van der Waals surface area contributed by atoms with Gasteiger partial charge in [0, 0.05) is 16.5 Å². The highest BCUT2D eigenvalue weighted by molar-refractivity contribution is 7.13. The highest BCUT2D eigenvalue weighted by Crippen LogP contribution is 2.30. The fourth-order valence-corrected chi connectivity index (χ4v) is 4.22. The van der Waals surface area contributed by atoms with Gasteiger partial charge in [-0.15, -0.1) is 11.3 Å². The van der Waals surface area contributed by atoms with Gasteiger partial charge in [-0.05, 0) is 43.2 Å². The number of thiazole rings is 1. The molecule has 5 heteroatoms. The molecule has 2 aromatic carbocycles. The van der Waals surface area contributed by atoms with Crippen LogP contribution in [-0.4, -0.2) is 24.7 Å². The van der Waals surface area contributed by atoms with Gasteiger partial charge in [0.2, 0.25) is 0 Å². The monoisotopic (exact) mass is 437 g/mol. The van der Waals surface area contributed by atoms with Crippen LogP contribution < -0.4 is 4.74 Å². The van der Waals surface area contributed by atoms with Crippen LogP contribution in [0.3, 0.4) is 0 Å². The van der Waals surface area contributed by atoms with Crippen molar-refractivity contribution in [2.75, 3.05) is 13.7 Å². The molecule has 0 aliphatic rings. The van der Waals surface area contributed by atoms with Crippen molar-refractivity contribution in [3.8, 4) is 27.6 Å². The summed E-state index contributed by atoms with van der Waals surface area (Å²) in [7, 11) is 1.41. The van der Waals surface area contributed by atoms with Crippen molar-refractivity contribution in [1.29, 1.82) is 0 Å². The van der Waals surface area contributed by atoms with Crippen LogP contribution in [0.4, 0.5) is 0 Å². The minimum atomic E-state index is -0.275. The van der Waals surface area contributed by atoms with Crippen LogP contribution in [-0.2, 0) is 9.53 Å². The molecule has 4 nitrogen and oxygen atoms in total. The molecule has 164 valence electrons. The molecule has 1 atom stereocenters. The number of carbonyl (C=O) groups is 1. The molecule has 0 saturated carbocycles. The van der Waals surface area contributed by atoms with Crippen LogP contribution in [0.5, 0.6) is 5.75 Å². The van der Waals surface area contributed by atoms with E-state index >= 15 is 0 Å². The molecule has 3 aromatic rings. The first-order valence-electron chi connectivity index (χ1n) is 11.0. The molecule has 1 heterocycles. The molecule has 0 fully saturated rings. The zero-order valence-electron chi connectivity index (χ0n) is 18.6. The summed E-state index contributed by atoms with van der Waals surface area (Å²) in [5.41, 5.74) is 4.01. The molecule has 0 aliphatic heterocycles. The van der Waals surface area contributed by atoms with E-state index in [9.17, 15) is 4.79 Å². The molecule has 1 unspecified atom stereocenters. The molecule has 31 heavy (non-hydrogen) atoms. The molecule has 0 saturated heterocycles. The lowest BCUT2D eigenvalue weighted by Crippen LogP contribution is -2.10. The zero-order valence-corrected chi connectivity index (χ0v) is 19.4. The topological polar surface area (TPSA) is 48.4 Å². The fourth-order valence-electron chi connectivity index (χ4n) is 3.38. The van der Waals surface area contributed by atoms with E-state index in [1.807, 2.05) is 43.3 Å². The van der Waals surface area contributed by atoms with Crippen LogP contribution in [0.2, 0.25) is 0 Å². The average molecular weight is 438 g/mol. The maximum atomic E-state index is 11.7. The Morgan fingerprint density at radius 3 is 2.32 bits per heavy atom. The lowest BCUT2D eigenvalue weighted by molar-refractivity contribution is -0.141. The van der Waals surface area contributed by atoms with E-state index < -0.39 is 0 Å². The summed E-state index contributed by atoms with van der Waals surface area (Å²) in [4.78, 5) is 16.5. The summed E-state index contributed by atoms with van der Waals surface area (Å²) >= 11 is 1.62. The van der Waals surface area contributed by atoms with Crippen LogP contribution in [0.1, 0.15) is 57.4 Å². The first-order valence-corrected chi connectivity index (χ1v) is 11.9. The van der Waals surface area contributed by atoms with Crippen molar-refractivity contribution < 1.29 is 14.3 Å². The Morgan fingerprint density at radius 2 is 1.65 bits per heavy atom. The third-order valence-corrected chi connectivity index (χ3v) is 6.27. The third-order valence-electron chi connectivity index (χ3n) is 5.38. The lowest BCUT2D eigenvalue weighted by Gasteiger charge is -2.09. The van der Waals surface area contributed by atoms with Gasteiger partial charge in [-0.3, -0.25) is 4.79 Å². The van der Waals surface area contributed by atoms with Gasteiger partial charge < -0.3 is 9.47 Å². The number of benzene rings is 2. The van der Waals surface area contributed by atoms with E-state index in [1.54, 1.807) is 11.3 Å². The number of unbranched alkanes of at least 4 members (excludes halogenated alkanes) is 4. The predicted molar refractivity (Wildman–Crippen MR) is 128 cm³/mol. The minimum Gasteiger partial charge on any atom is -0.494 e. The Hall–Kier alpha value is -2.66. The van der Waals surface area contributed by atoms with Crippen molar-refractivity contribution in [3.63, 3.8) is 0 Å². The molecular formula is C26H31NO3S. The Kier molecular flexibility index (Phi) is 8.65. The van der Waals surface area contributed by atoms with Gasteiger partial charge in [0.1, 0.15) is 10.8 Å². The summed E-state index contributed by atoms with van der Waals surface area (Å²) in [5, 5.41) is 3.03. The summed E-state index contributed by atoms with van der Waals surface area (Å²) < 4.78 is 10.7. The number of esters is 1. The van der Waals surface area contributed by atoms with Crippen LogP contribution in [0.25, 0.3) is 21.8 Å². The largest absolute Gasteiger partial charge is 0.494 e. The van der Waals surface area contributed by atoms with E-state index in [0.717, 1.165) is 46.2 Å². The van der Waals surface area contributed by atoms with E-state index in [1.165, 1.54) is 32.8 Å². The van der Waals surface area contributed by atoms with Gasteiger partial charge in [0.05, 0.1) is 25.3 Å². The average Bonchev–Trinajstić information content (AvgIpc) is 3.31. The predicted octanol–water partition coefficient (Wildman–Crippen LogP) is 7.10. The maximum Gasteiger partial charge on any atom is 0.312 e. The second kappa shape index (κ2) is 11.7. The van der Waals surface area contributed by atoms with Gasteiger partial charge in [-0.25, -0.2) is 4.98 Å². The SMILES string of the molecule is CCCCCCCOc1ccc(-c2csc(-c3ccc(C(C)C(=O)OC)cc3)n2)cc1. The molecule has 0 bridgehead atoms. The second-order valence-electron chi connectivity index (χ2n) is 7.69. The minimum absolute atomic E-state index is 0.229. The summed E-state index contributed by atoms with van der Waals surface area (Å²) in [5.74, 6) is 0.404. The smallest absolute Gasteiger partial charge is 0.312 e. The van der Waals surface area contributed by atoms with Crippen molar-refractivity contribution in [2.24, 2.45) is 0 Å². The summed E-state index contributed by atoms with van der Waals surface area (Å²) in [6.45, 7) is 4.85. The van der Waals surface area contributed by atoms with Gasteiger partial charge in [-0.1, -0.05) is 56.9 Å². The van der Waals surface area contributed by atoms with Crippen LogP contribution >= 0.6 is 11.3 Å². The molecule has 1 aromatic heterocycles. The van der Waals surface area contributed by atoms with Crippen molar-refractivity contribution in [1.82, 2.24) is 4.98 Å². The Bertz CT molecular complexity index is 948. The molecule has 0 aliphatic carbocycles. The van der Waals surface area contributed by atoms with Gasteiger partial charge in [-0.2, -0.15) is 0 Å². The van der Waals surface area contributed by atoms with Crippen molar-refractivity contribution in [3.05, 3.63) is 59.5 Å². The number of methoxy groups -OCH3 is 1. The number of hydrogen-bond donors (Lipinski definition) is 0. The Labute approximate surface area is 189 Å². The number of rotatable bonds is 11. The van der Waals surface area contributed by atoms with E-state index in [4.69, 9.17) is 14.5 Å². The number of hydrogen-bond acceptors (Lipinski definition) is 5. The second-order valence-corrected chi connectivity index (χ2v) is 8.55. The van der Waals surface area contributed by atoms with Crippen molar-refractivity contribution >= 4 is 17.3 Å². The standard InChI is InChI=1S/C26H31NO3S/c1-4-5-6-7-8-17-30-23-15-13-21(14-16-23)24-18-31-25(27-24)22-11-9-20(10-12-22)19(2)26(28)29-3/h9-16,18-19H,4-8,17H2,1-3H3. The quantitative estimate of drug-likeness (QED) is 0.237. The molecule has 0 radical (unpaired) electrons. The fraction of sp³-hybridized carbons (Fsp3) is 0.385. The van der Waals surface area contributed by atoms with E-state index in [-0.39, 0.29) is 11.9 Å². The van der Waals surface area contributed by atoms with Crippen LogP contribution in [0, 0.1) is 0 Å². The molecule has 0 spiro atoms. The number of ether oxygens (including phenoxy) is 2. The third kappa shape index (κ3) is 6.41. The summed E-state index contributed by atoms with van der Waals surface area (Å²) in [6.07, 6.45) is 6.20. The van der Waals surface area contributed by atoms with Gasteiger partial charge in [0.25, 0.3) is 0 Å². The first-order chi connectivity index (χ1) is 15.1. The lowest BCUT2D eigenvalue weighted by atomic mass is 10.0. The normalized spacial score (nSPS) is 11.8. The molecular weight excluding hydrogens is 406 g/mol. The van der Waals surface area contributed by atoms with Gasteiger partial charge in [0.15, 0.2) is 0 Å². The highest BCUT2D eigenvalue weighted by atomic mass is 32.1. The zero-order chi connectivity index (χ0) is 22.1. The van der Waals surface area contributed by atoms with Crippen molar-refractivity contribution in [2.45, 2.75) is 51.9 Å². The maximum absolute atomic E-state index is 11.7. The number of carbonyl (C=O) groups excluding carboxylic acids is 1. The van der Waals surface area contributed by atoms with E-state index in [2.05, 4.69) is 24.4 Å². The van der Waals surface area contributed by atoms with Gasteiger partial charge >= 0.3 is 5.97 Å².